The summed E-state index contributed by atoms with van der Waals surface area (Å²) in [6.07, 6.45) is 1.81. The second-order valence-electron chi connectivity index (χ2n) is 4.02. The Morgan fingerprint density at radius 1 is 1.27 bits per heavy atom. The standard InChI is InChI=1S/C12H22O2Si/c1-5-15(6-2,7-3)14-11(4)12-9-8-10-13-12/h8-11H,5-7H2,1-4H3. The first kappa shape index (κ1) is 12.5. The minimum atomic E-state index is -1.50. The van der Waals surface area contributed by atoms with Crippen LogP contribution < -0.4 is 0 Å². The van der Waals surface area contributed by atoms with Gasteiger partial charge in [-0.15, -0.1) is 0 Å². The van der Waals surface area contributed by atoms with E-state index in [4.69, 9.17) is 8.84 Å². The molecular weight excluding hydrogens is 204 g/mol. The molecule has 0 bridgehead atoms. The van der Waals surface area contributed by atoms with Crippen LogP contribution in [0.2, 0.25) is 18.1 Å². The molecule has 0 radical (unpaired) electrons. The minimum Gasteiger partial charge on any atom is -0.467 e. The van der Waals surface area contributed by atoms with Gasteiger partial charge in [-0.25, -0.2) is 0 Å². The fourth-order valence-electron chi connectivity index (χ4n) is 1.96. The molecular formula is C12H22O2Si. The summed E-state index contributed by atoms with van der Waals surface area (Å²) in [5.41, 5.74) is 0. The smallest absolute Gasteiger partial charge is 0.193 e. The molecule has 15 heavy (non-hydrogen) atoms. The molecule has 3 heteroatoms. The summed E-state index contributed by atoms with van der Waals surface area (Å²) in [7, 11) is -1.50. The topological polar surface area (TPSA) is 22.4 Å². The first-order valence-corrected chi connectivity index (χ1v) is 8.41. The average Bonchev–Trinajstić information content (AvgIpc) is 2.79. The molecule has 0 fully saturated rings. The van der Waals surface area contributed by atoms with Gasteiger partial charge in [-0.2, -0.15) is 0 Å². The van der Waals surface area contributed by atoms with E-state index in [1.807, 2.05) is 12.1 Å². The molecule has 86 valence electrons. The Morgan fingerprint density at radius 3 is 2.27 bits per heavy atom. The zero-order chi connectivity index (χ0) is 11.3. The Kier molecular flexibility index (Phi) is 4.61. The van der Waals surface area contributed by atoms with Crippen molar-refractivity contribution in [1.29, 1.82) is 0 Å². The zero-order valence-corrected chi connectivity index (χ0v) is 11.2. The molecule has 0 aliphatic carbocycles. The summed E-state index contributed by atoms with van der Waals surface area (Å²) in [6.45, 7) is 8.82. The highest BCUT2D eigenvalue weighted by molar-refractivity contribution is 6.73. The molecule has 0 amide bonds. The van der Waals surface area contributed by atoms with Crippen LogP contribution in [0.4, 0.5) is 0 Å². The van der Waals surface area contributed by atoms with Crippen LogP contribution in [0.5, 0.6) is 0 Å². The molecule has 1 rings (SSSR count). The van der Waals surface area contributed by atoms with Gasteiger partial charge in [0, 0.05) is 0 Å². The number of rotatable bonds is 6. The monoisotopic (exact) mass is 226 g/mol. The molecule has 1 atom stereocenters. The van der Waals surface area contributed by atoms with Crippen LogP contribution in [0.25, 0.3) is 0 Å². The van der Waals surface area contributed by atoms with Crippen molar-refractivity contribution < 1.29 is 8.84 Å². The number of furan rings is 1. The van der Waals surface area contributed by atoms with E-state index in [9.17, 15) is 0 Å². The third-order valence-corrected chi connectivity index (χ3v) is 8.02. The van der Waals surface area contributed by atoms with Crippen LogP contribution >= 0.6 is 0 Å². The van der Waals surface area contributed by atoms with E-state index < -0.39 is 8.32 Å². The summed E-state index contributed by atoms with van der Waals surface area (Å²) >= 11 is 0. The summed E-state index contributed by atoms with van der Waals surface area (Å²) in [4.78, 5) is 0. The lowest BCUT2D eigenvalue weighted by molar-refractivity contribution is 0.181. The van der Waals surface area contributed by atoms with Gasteiger partial charge in [-0.05, 0) is 37.2 Å². The molecule has 1 aromatic rings. The largest absolute Gasteiger partial charge is 0.467 e. The second-order valence-corrected chi connectivity index (χ2v) is 8.74. The van der Waals surface area contributed by atoms with Gasteiger partial charge in [0.1, 0.15) is 11.9 Å². The van der Waals surface area contributed by atoms with Crippen LogP contribution in [0.15, 0.2) is 22.8 Å². The molecule has 1 heterocycles. The van der Waals surface area contributed by atoms with Gasteiger partial charge in [0.25, 0.3) is 0 Å². The van der Waals surface area contributed by atoms with Gasteiger partial charge in [0.15, 0.2) is 8.32 Å². The molecule has 0 saturated heterocycles. The van der Waals surface area contributed by atoms with E-state index in [2.05, 4.69) is 27.7 Å². The summed E-state index contributed by atoms with van der Waals surface area (Å²) < 4.78 is 11.6. The number of hydrogen-bond donors (Lipinski definition) is 0. The molecule has 1 unspecified atom stereocenters. The Morgan fingerprint density at radius 2 is 1.87 bits per heavy atom. The molecule has 2 nitrogen and oxygen atoms in total. The Hall–Kier alpha value is -0.543. The first-order chi connectivity index (χ1) is 7.17. The highest BCUT2D eigenvalue weighted by atomic mass is 28.4. The van der Waals surface area contributed by atoms with Gasteiger partial charge in [-0.3, -0.25) is 0 Å². The van der Waals surface area contributed by atoms with Gasteiger partial charge in [0.05, 0.1) is 6.26 Å². The van der Waals surface area contributed by atoms with E-state index in [0.717, 1.165) is 5.76 Å². The van der Waals surface area contributed by atoms with Crippen molar-refractivity contribution in [3.63, 3.8) is 0 Å². The van der Waals surface area contributed by atoms with E-state index in [-0.39, 0.29) is 6.10 Å². The van der Waals surface area contributed by atoms with Crippen LogP contribution in [0.1, 0.15) is 39.6 Å². The molecule has 0 N–H and O–H groups in total. The summed E-state index contributed by atoms with van der Waals surface area (Å²) in [5, 5.41) is 0. The van der Waals surface area contributed by atoms with Gasteiger partial charge < -0.3 is 8.84 Å². The van der Waals surface area contributed by atoms with Crippen LogP contribution in [0.3, 0.4) is 0 Å². The highest BCUT2D eigenvalue weighted by Crippen LogP contribution is 2.29. The molecule has 1 aromatic heterocycles. The second kappa shape index (κ2) is 5.52. The highest BCUT2D eigenvalue weighted by Gasteiger charge is 2.31. The normalized spacial score (nSPS) is 14.1. The maximum absolute atomic E-state index is 6.28. The zero-order valence-electron chi connectivity index (χ0n) is 10.2. The predicted octanol–water partition coefficient (Wildman–Crippen LogP) is 4.36. The van der Waals surface area contributed by atoms with E-state index in [1.165, 1.54) is 18.1 Å². The minimum absolute atomic E-state index is 0.103. The maximum Gasteiger partial charge on any atom is 0.193 e. The van der Waals surface area contributed by atoms with Crippen LogP contribution in [0, 0.1) is 0 Å². The van der Waals surface area contributed by atoms with E-state index in [0.29, 0.717) is 0 Å². The van der Waals surface area contributed by atoms with E-state index >= 15 is 0 Å². The number of hydrogen-bond acceptors (Lipinski definition) is 2. The molecule has 0 spiro atoms. The molecule has 0 aromatic carbocycles. The maximum atomic E-state index is 6.28. The molecule has 0 saturated carbocycles. The lowest BCUT2D eigenvalue weighted by Crippen LogP contribution is -2.36. The van der Waals surface area contributed by atoms with Gasteiger partial charge in [-0.1, -0.05) is 20.8 Å². The average molecular weight is 226 g/mol. The summed E-state index contributed by atoms with van der Waals surface area (Å²) in [6, 6.07) is 7.47. The van der Waals surface area contributed by atoms with Crippen LogP contribution in [-0.4, -0.2) is 8.32 Å². The third kappa shape index (κ3) is 2.95. The van der Waals surface area contributed by atoms with Crippen molar-refractivity contribution in [1.82, 2.24) is 0 Å². The summed E-state index contributed by atoms with van der Waals surface area (Å²) in [5.74, 6) is 0.947. The molecule has 0 aliphatic rings. The fourth-order valence-corrected chi connectivity index (χ4v) is 4.82. The Balaban J connectivity index is 2.66. The van der Waals surface area contributed by atoms with E-state index in [1.54, 1.807) is 6.26 Å². The third-order valence-electron chi connectivity index (χ3n) is 3.30. The van der Waals surface area contributed by atoms with Crippen molar-refractivity contribution in [3.8, 4) is 0 Å². The Bertz CT molecular complexity index is 257. The van der Waals surface area contributed by atoms with Gasteiger partial charge in [0.2, 0.25) is 0 Å². The lowest BCUT2D eigenvalue weighted by Gasteiger charge is -2.30. The Labute approximate surface area is 93.8 Å². The van der Waals surface area contributed by atoms with Crippen LogP contribution in [-0.2, 0) is 4.43 Å². The van der Waals surface area contributed by atoms with Crippen molar-refractivity contribution >= 4 is 8.32 Å². The predicted molar refractivity (Wildman–Crippen MR) is 65.4 cm³/mol. The van der Waals surface area contributed by atoms with Crippen molar-refractivity contribution in [3.05, 3.63) is 24.2 Å². The van der Waals surface area contributed by atoms with Crippen molar-refractivity contribution in [2.24, 2.45) is 0 Å². The fraction of sp³-hybridized carbons (Fsp3) is 0.667. The van der Waals surface area contributed by atoms with Crippen molar-refractivity contribution in [2.45, 2.75) is 51.9 Å². The quantitative estimate of drug-likeness (QED) is 0.672. The molecule has 0 aliphatic heterocycles. The van der Waals surface area contributed by atoms with Gasteiger partial charge >= 0.3 is 0 Å². The first-order valence-electron chi connectivity index (χ1n) is 5.88. The van der Waals surface area contributed by atoms with Crippen molar-refractivity contribution in [2.75, 3.05) is 0 Å². The SMILES string of the molecule is CC[Si](CC)(CC)OC(C)c1ccco1. The lowest BCUT2D eigenvalue weighted by atomic mass is 10.3.